The van der Waals surface area contributed by atoms with Crippen LogP contribution in [-0.2, 0) is 14.3 Å². The topological polar surface area (TPSA) is 66.8 Å². The zero-order chi connectivity index (χ0) is 14.9. The lowest BCUT2D eigenvalue weighted by Crippen LogP contribution is -2.33. The maximum atomic E-state index is 12.1. The molecule has 2 rings (SSSR count). The van der Waals surface area contributed by atoms with Crippen LogP contribution < -0.4 is 0 Å². The molecule has 0 spiro atoms. The molecular weight excluding hydrogens is 278 g/mol. The van der Waals surface area contributed by atoms with Crippen molar-refractivity contribution in [1.82, 2.24) is 4.90 Å². The molecular formula is C14H19NO4S. The molecule has 1 aromatic rings. The Morgan fingerprint density at radius 2 is 2.25 bits per heavy atom. The molecule has 1 fully saturated rings. The van der Waals surface area contributed by atoms with Crippen molar-refractivity contribution in [2.24, 2.45) is 5.92 Å². The summed E-state index contributed by atoms with van der Waals surface area (Å²) < 4.78 is 5.03. The van der Waals surface area contributed by atoms with Gasteiger partial charge in [-0.3, -0.25) is 9.59 Å². The molecule has 0 saturated carbocycles. The average molecular weight is 297 g/mol. The summed E-state index contributed by atoms with van der Waals surface area (Å²) in [5.74, 6) is -1.69. The van der Waals surface area contributed by atoms with E-state index >= 15 is 0 Å². The number of methoxy groups -OCH3 is 1. The highest BCUT2D eigenvalue weighted by molar-refractivity contribution is 7.12. The number of nitrogens with zero attached hydrogens (tertiary/aromatic N) is 1. The highest BCUT2D eigenvalue weighted by atomic mass is 32.1. The van der Waals surface area contributed by atoms with Gasteiger partial charge in [-0.05, 0) is 25.5 Å². The van der Waals surface area contributed by atoms with E-state index < -0.39 is 11.9 Å². The largest absolute Gasteiger partial charge is 0.481 e. The first-order valence-corrected chi connectivity index (χ1v) is 7.35. The van der Waals surface area contributed by atoms with Gasteiger partial charge in [0, 0.05) is 29.8 Å². The number of amides is 1. The Morgan fingerprint density at radius 1 is 1.55 bits per heavy atom. The molecule has 1 amide bonds. The number of carbonyl (C=O) groups excluding carboxylic acids is 1. The number of carbonyl (C=O) groups is 2. The van der Waals surface area contributed by atoms with Crippen LogP contribution in [0, 0.1) is 19.8 Å². The fourth-order valence-electron chi connectivity index (χ4n) is 2.79. The van der Waals surface area contributed by atoms with Crippen LogP contribution in [0.4, 0.5) is 0 Å². The van der Waals surface area contributed by atoms with E-state index in [1.807, 2.05) is 19.9 Å². The van der Waals surface area contributed by atoms with Gasteiger partial charge in [0.05, 0.1) is 18.6 Å². The summed E-state index contributed by atoms with van der Waals surface area (Å²) in [6.07, 6.45) is 0.0675. The van der Waals surface area contributed by atoms with Crippen LogP contribution in [0.5, 0.6) is 0 Å². The van der Waals surface area contributed by atoms with Crippen molar-refractivity contribution in [3.8, 4) is 0 Å². The van der Waals surface area contributed by atoms with Crippen LogP contribution in [0.3, 0.4) is 0 Å². The zero-order valence-electron chi connectivity index (χ0n) is 11.9. The summed E-state index contributed by atoms with van der Waals surface area (Å²) in [6.45, 7) is 4.81. The molecule has 0 radical (unpaired) electrons. The van der Waals surface area contributed by atoms with Gasteiger partial charge in [-0.15, -0.1) is 11.3 Å². The lowest BCUT2D eigenvalue weighted by atomic mass is 9.94. The first-order chi connectivity index (χ1) is 9.45. The molecule has 0 aliphatic carbocycles. The maximum Gasteiger partial charge on any atom is 0.309 e. The van der Waals surface area contributed by atoms with E-state index in [0.717, 1.165) is 15.3 Å². The molecule has 1 aliphatic heterocycles. The number of aryl methyl sites for hydroxylation is 2. The van der Waals surface area contributed by atoms with E-state index in [4.69, 9.17) is 4.74 Å². The van der Waals surface area contributed by atoms with Crippen LogP contribution in [0.15, 0.2) is 6.07 Å². The Balaban J connectivity index is 2.37. The molecule has 0 aromatic carbocycles. The third kappa shape index (κ3) is 2.71. The molecule has 1 saturated heterocycles. The van der Waals surface area contributed by atoms with Crippen LogP contribution in [0.2, 0.25) is 0 Å². The van der Waals surface area contributed by atoms with E-state index in [1.54, 1.807) is 23.3 Å². The minimum Gasteiger partial charge on any atom is -0.481 e. The minimum absolute atomic E-state index is 0.0675. The van der Waals surface area contributed by atoms with E-state index in [2.05, 4.69) is 0 Å². The van der Waals surface area contributed by atoms with Crippen LogP contribution in [0.1, 0.15) is 27.8 Å². The Morgan fingerprint density at radius 3 is 2.75 bits per heavy atom. The quantitative estimate of drug-likeness (QED) is 0.902. The Labute approximate surface area is 122 Å². The third-order valence-corrected chi connectivity index (χ3v) is 4.67. The van der Waals surface area contributed by atoms with Crippen molar-refractivity contribution >= 4 is 23.2 Å². The fourth-order valence-corrected chi connectivity index (χ4v) is 3.76. The smallest absolute Gasteiger partial charge is 0.309 e. The molecule has 20 heavy (non-hydrogen) atoms. The van der Waals surface area contributed by atoms with Gasteiger partial charge in [-0.2, -0.15) is 0 Å². The normalized spacial score (nSPS) is 22.6. The Hall–Kier alpha value is -1.40. The van der Waals surface area contributed by atoms with E-state index in [1.165, 1.54) is 0 Å². The number of ether oxygens (including phenoxy) is 1. The van der Waals surface area contributed by atoms with Gasteiger partial charge in [0.15, 0.2) is 0 Å². The number of hydrogen-bond acceptors (Lipinski definition) is 4. The minimum atomic E-state index is -0.911. The second kappa shape index (κ2) is 5.93. The van der Waals surface area contributed by atoms with E-state index in [9.17, 15) is 14.7 Å². The van der Waals surface area contributed by atoms with E-state index in [0.29, 0.717) is 13.2 Å². The highest BCUT2D eigenvalue weighted by Gasteiger charge is 2.45. The Kier molecular flexibility index (Phi) is 4.45. The maximum absolute atomic E-state index is 12.1. The molecule has 2 heterocycles. The molecule has 1 N–H and O–H groups in total. The summed E-state index contributed by atoms with van der Waals surface area (Å²) in [6, 6.07) is 1.62. The molecule has 2 unspecified atom stereocenters. The van der Waals surface area contributed by atoms with Gasteiger partial charge in [-0.25, -0.2) is 0 Å². The summed E-state index contributed by atoms with van der Waals surface area (Å²) in [7, 11) is 1.57. The highest BCUT2D eigenvalue weighted by Crippen LogP contribution is 2.41. The van der Waals surface area contributed by atoms with Crippen molar-refractivity contribution in [3.05, 3.63) is 21.4 Å². The molecule has 6 heteroatoms. The predicted octanol–water partition coefficient (Wildman–Crippen LogP) is 1.99. The van der Waals surface area contributed by atoms with Crippen LogP contribution >= 0.6 is 11.3 Å². The lowest BCUT2D eigenvalue weighted by molar-refractivity contribution is -0.142. The molecule has 5 nitrogen and oxygen atoms in total. The number of hydrogen-bond donors (Lipinski definition) is 1. The van der Waals surface area contributed by atoms with Crippen LogP contribution in [-0.4, -0.2) is 42.1 Å². The number of carboxylic acid groups (broad SMARTS) is 1. The zero-order valence-corrected chi connectivity index (χ0v) is 12.7. The first-order valence-electron chi connectivity index (χ1n) is 6.53. The van der Waals surface area contributed by atoms with Crippen molar-refractivity contribution in [2.75, 3.05) is 20.3 Å². The summed E-state index contributed by atoms with van der Waals surface area (Å²) in [5.41, 5.74) is 0.960. The number of carboxylic acids is 1. The Bertz CT molecular complexity index is 525. The molecule has 1 aliphatic rings. The van der Waals surface area contributed by atoms with Crippen molar-refractivity contribution < 1.29 is 19.4 Å². The average Bonchev–Trinajstić information content (AvgIpc) is 2.86. The second-order valence-electron chi connectivity index (χ2n) is 5.04. The van der Waals surface area contributed by atoms with Gasteiger partial charge in [0.1, 0.15) is 0 Å². The van der Waals surface area contributed by atoms with Gasteiger partial charge in [0.25, 0.3) is 0 Å². The van der Waals surface area contributed by atoms with Crippen LogP contribution in [0.25, 0.3) is 0 Å². The molecule has 1 aromatic heterocycles. The van der Waals surface area contributed by atoms with Crippen molar-refractivity contribution in [1.29, 1.82) is 0 Å². The molecule has 110 valence electrons. The van der Waals surface area contributed by atoms with Crippen molar-refractivity contribution in [3.63, 3.8) is 0 Å². The fraction of sp³-hybridized carbons (Fsp3) is 0.571. The van der Waals surface area contributed by atoms with Crippen molar-refractivity contribution in [2.45, 2.75) is 26.3 Å². The summed E-state index contributed by atoms with van der Waals surface area (Å²) in [4.78, 5) is 27.4. The monoisotopic (exact) mass is 297 g/mol. The number of likely N-dealkylation sites (tertiary alicyclic amines) is 1. The number of aliphatic carboxylic acids is 1. The SMILES string of the molecule is COCCN1C(=O)CC(C(=O)O)C1c1cc(C)sc1C. The van der Waals surface area contributed by atoms with E-state index in [-0.39, 0.29) is 18.4 Å². The van der Waals surface area contributed by atoms with Gasteiger partial charge in [-0.1, -0.05) is 0 Å². The number of rotatable bonds is 5. The van der Waals surface area contributed by atoms with Gasteiger partial charge in [0.2, 0.25) is 5.91 Å². The molecule has 2 atom stereocenters. The standard InChI is InChI=1S/C14H19NO4S/c1-8-6-10(9(2)20-8)13-11(14(17)18)7-12(16)15(13)4-5-19-3/h6,11,13H,4-5,7H2,1-3H3,(H,17,18). The predicted molar refractivity (Wildman–Crippen MR) is 75.9 cm³/mol. The van der Waals surface area contributed by atoms with Gasteiger partial charge < -0.3 is 14.7 Å². The van der Waals surface area contributed by atoms with Gasteiger partial charge >= 0.3 is 5.97 Å². The summed E-state index contributed by atoms with van der Waals surface area (Å²) in [5, 5.41) is 9.40. The first kappa shape index (κ1) is 15.0. The third-order valence-electron chi connectivity index (χ3n) is 3.68. The molecule has 0 bridgehead atoms. The summed E-state index contributed by atoms with van der Waals surface area (Å²) >= 11 is 1.63. The second-order valence-corrected chi connectivity index (χ2v) is 6.50. The lowest BCUT2D eigenvalue weighted by Gasteiger charge is -2.27. The number of thiophene rings is 1.